The van der Waals surface area contributed by atoms with Gasteiger partial charge in [-0.15, -0.1) is 0 Å². The molecule has 0 aromatic rings. The Kier molecular flexibility index (Phi) is 17.7. The highest BCUT2D eigenvalue weighted by Crippen LogP contribution is 2.38. The molecular formula is C39H66O18. The Hall–Kier alpha value is -1.62. The fourth-order valence-electron chi connectivity index (χ4n) is 8.45. The summed E-state index contributed by atoms with van der Waals surface area (Å²) in [5.41, 5.74) is 0. The number of rotatable bonds is 4. The van der Waals surface area contributed by atoms with Crippen LogP contribution in [-0.4, -0.2) is 170 Å². The molecule has 5 fully saturated rings. The minimum absolute atomic E-state index is 0.388. The number of carbonyl (C=O) groups is 2. The van der Waals surface area contributed by atoms with Crippen molar-refractivity contribution in [1.29, 1.82) is 0 Å². The average Bonchev–Trinajstić information content (AvgIpc) is 3.47. The largest absolute Gasteiger partial charge is 0.461 e. The zero-order valence-corrected chi connectivity index (χ0v) is 33.2. The van der Waals surface area contributed by atoms with Crippen LogP contribution >= 0.6 is 0 Å². The highest BCUT2D eigenvalue weighted by molar-refractivity contribution is 5.85. The quantitative estimate of drug-likeness (QED) is 0.169. The molecule has 0 aromatic heterocycles. The Morgan fingerprint density at radius 1 is 0.544 bits per heavy atom. The molecule has 5 aliphatic rings. The summed E-state index contributed by atoms with van der Waals surface area (Å²) < 4.78 is 47.8. The summed E-state index contributed by atoms with van der Waals surface area (Å²) in [5.74, 6) is -3.55. The maximum absolute atomic E-state index is 14.3. The van der Waals surface area contributed by atoms with Crippen molar-refractivity contribution in [2.24, 2.45) is 11.8 Å². The van der Waals surface area contributed by atoms with Crippen LogP contribution in [-0.2, 0) is 47.5 Å². The molecule has 0 aromatic carbocycles. The van der Waals surface area contributed by atoms with Gasteiger partial charge in [0.25, 0.3) is 0 Å². The lowest BCUT2D eigenvalue weighted by molar-refractivity contribution is -0.387. The Labute approximate surface area is 333 Å². The molecule has 18 heteroatoms. The zero-order valence-electron chi connectivity index (χ0n) is 33.2. The first-order valence-electron chi connectivity index (χ1n) is 20.9. The molecule has 330 valence electrons. The molecule has 0 spiro atoms. The second-order valence-corrected chi connectivity index (χ2v) is 16.4. The van der Waals surface area contributed by atoms with E-state index in [1.807, 2.05) is 6.92 Å². The molecule has 19 atom stereocenters. The molecule has 0 bridgehead atoms. The van der Waals surface area contributed by atoms with E-state index in [-0.39, 0.29) is 0 Å². The van der Waals surface area contributed by atoms with Crippen molar-refractivity contribution < 1.29 is 88.3 Å². The minimum atomic E-state index is -1.85. The van der Waals surface area contributed by atoms with Gasteiger partial charge in [0, 0.05) is 0 Å². The lowest BCUT2D eigenvalue weighted by Gasteiger charge is -2.49. The minimum Gasteiger partial charge on any atom is -0.461 e. The van der Waals surface area contributed by atoms with Gasteiger partial charge in [0.15, 0.2) is 25.0 Å². The van der Waals surface area contributed by atoms with Crippen molar-refractivity contribution >= 4 is 11.9 Å². The van der Waals surface area contributed by atoms with Crippen LogP contribution in [0, 0.1) is 11.8 Å². The summed E-state index contributed by atoms with van der Waals surface area (Å²) in [6.45, 7) is 3.27. The first kappa shape index (κ1) is 46.4. The van der Waals surface area contributed by atoms with Gasteiger partial charge >= 0.3 is 11.9 Å². The van der Waals surface area contributed by atoms with Crippen LogP contribution in [0.4, 0.5) is 0 Å². The van der Waals surface area contributed by atoms with Gasteiger partial charge in [-0.1, -0.05) is 71.1 Å². The van der Waals surface area contributed by atoms with Gasteiger partial charge in [-0.2, -0.15) is 0 Å². The first-order chi connectivity index (χ1) is 27.3. The lowest BCUT2D eigenvalue weighted by Crippen LogP contribution is -2.67. The molecule has 0 saturated carbocycles. The van der Waals surface area contributed by atoms with E-state index in [1.165, 1.54) is 13.8 Å². The van der Waals surface area contributed by atoms with Gasteiger partial charge in [0.05, 0.1) is 31.3 Å². The normalized spacial score (nSPS) is 46.7. The van der Waals surface area contributed by atoms with Crippen LogP contribution in [0.3, 0.4) is 0 Å². The van der Waals surface area contributed by atoms with Gasteiger partial charge in [0.1, 0.15) is 73.1 Å². The fourth-order valence-corrected chi connectivity index (χ4v) is 8.45. The molecule has 57 heavy (non-hydrogen) atoms. The van der Waals surface area contributed by atoms with Crippen LogP contribution in [0.2, 0.25) is 0 Å². The van der Waals surface area contributed by atoms with Gasteiger partial charge < -0.3 is 78.7 Å². The third-order valence-electron chi connectivity index (χ3n) is 12.1. The number of hydrogen-bond acceptors (Lipinski definition) is 18. The number of carbonyl (C=O) groups excluding carboxylic acids is 2. The molecule has 5 heterocycles. The summed E-state index contributed by atoms with van der Waals surface area (Å²) >= 11 is 0. The maximum Gasteiger partial charge on any atom is 0.314 e. The number of aliphatic hydroxyl groups excluding tert-OH is 8. The molecule has 0 amide bonds. The van der Waals surface area contributed by atoms with Crippen LogP contribution in [0.5, 0.6) is 0 Å². The van der Waals surface area contributed by atoms with Crippen molar-refractivity contribution in [3.8, 4) is 0 Å². The van der Waals surface area contributed by atoms with E-state index < -0.39 is 141 Å². The molecular weight excluding hydrogens is 756 g/mol. The fraction of sp³-hybridized carbons (Fsp3) is 0.949. The molecule has 5 saturated heterocycles. The predicted octanol–water partition coefficient (Wildman–Crippen LogP) is -0.319. The standard InChI is InChI=1S/C39H66O18/c1-19-15-13-11-9-7-5-4-6-8-10-12-14-16-22-25(20(2)35(48)52-22)36(49)55-34-32(56-37-31(47)29(45)26(42)21(3)51-37)28(44)24(18-41)54-39(34)57-33-30(46)27(43)23(17-40)53-38(33)50-19/h19-34,37-47H,4-18H2,1-3H3. The summed E-state index contributed by atoms with van der Waals surface area (Å²) in [4.78, 5) is 27.2. The van der Waals surface area contributed by atoms with E-state index in [9.17, 15) is 50.4 Å². The van der Waals surface area contributed by atoms with E-state index in [2.05, 4.69) is 0 Å². The van der Waals surface area contributed by atoms with Crippen molar-refractivity contribution in [3.63, 3.8) is 0 Å². The molecule has 0 radical (unpaired) electrons. The molecule has 5 rings (SSSR count). The number of aliphatic hydroxyl groups is 8. The van der Waals surface area contributed by atoms with Gasteiger partial charge in [-0.25, -0.2) is 0 Å². The molecule has 5 aliphatic heterocycles. The first-order valence-corrected chi connectivity index (χ1v) is 20.9. The topological polar surface area (TPSA) is 270 Å². The Morgan fingerprint density at radius 2 is 1.09 bits per heavy atom. The Morgan fingerprint density at radius 3 is 1.68 bits per heavy atom. The van der Waals surface area contributed by atoms with Crippen molar-refractivity contribution in [1.82, 2.24) is 0 Å². The monoisotopic (exact) mass is 822 g/mol. The predicted molar refractivity (Wildman–Crippen MR) is 195 cm³/mol. The van der Waals surface area contributed by atoms with Gasteiger partial charge in [-0.3, -0.25) is 9.59 Å². The maximum atomic E-state index is 14.3. The van der Waals surface area contributed by atoms with Crippen molar-refractivity contribution in [2.75, 3.05) is 13.2 Å². The average molecular weight is 823 g/mol. The zero-order chi connectivity index (χ0) is 41.4. The van der Waals surface area contributed by atoms with Crippen LogP contribution in [0.15, 0.2) is 0 Å². The van der Waals surface area contributed by atoms with E-state index in [1.54, 1.807) is 0 Å². The van der Waals surface area contributed by atoms with Crippen LogP contribution in [0.1, 0.15) is 104 Å². The number of hydrogen-bond donors (Lipinski definition) is 8. The highest BCUT2D eigenvalue weighted by atomic mass is 16.8. The smallest absolute Gasteiger partial charge is 0.314 e. The summed E-state index contributed by atoms with van der Waals surface area (Å²) in [6, 6.07) is 0. The summed E-state index contributed by atoms with van der Waals surface area (Å²) in [7, 11) is 0. The van der Waals surface area contributed by atoms with Gasteiger partial charge in [-0.05, 0) is 33.1 Å². The van der Waals surface area contributed by atoms with Crippen LogP contribution in [0.25, 0.3) is 0 Å². The van der Waals surface area contributed by atoms with Crippen molar-refractivity contribution in [2.45, 2.75) is 209 Å². The molecule has 8 N–H and O–H groups in total. The van der Waals surface area contributed by atoms with Crippen molar-refractivity contribution in [3.05, 3.63) is 0 Å². The van der Waals surface area contributed by atoms with E-state index >= 15 is 0 Å². The van der Waals surface area contributed by atoms with Crippen LogP contribution < -0.4 is 0 Å². The SMILES string of the molecule is CC1CCCCCCCCCCCCCC2OC(=O)C(C)C2C(=O)OC2C(OC(CO)C(O)C2OC2OC(C)C(O)C(O)C2O)OC2C(O1)OC(CO)C(O)C2O. The summed E-state index contributed by atoms with van der Waals surface area (Å²) in [6.07, 6.45) is -13.4. The number of esters is 2. The number of ether oxygens (including phenoxy) is 8. The summed E-state index contributed by atoms with van der Waals surface area (Å²) in [5, 5.41) is 85.9. The molecule has 19 unspecified atom stereocenters. The lowest BCUT2D eigenvalue weighted by atomic mass is 9.89. The second-order valence-electron chi connectivity index (χ2n) is 16.4. The Bertz CT molecular complexity index is 1240. The number of fused-ring (bicyclic) bond motifs is 3. The Balaban J connectivity index is 1.49. The van der Waals surface area contributed by atoms with E-state index in [4.69, 9.17) is 37.9 Å². The highest BCUT2D eigenvalue weighted by Gasteiger charge is 2.57. The molecule has 18 nitrogen and oxygen atoms in total. The van der Waals surface area contributed by atoms with E-state index in [0.29, 0.717) is 19.3 Å². The van der Waals surface area contributed by atoms with E-state index in [0.717, 1.165) is 64.2 Å². The molecule has 0 aliphatic carbocycles. The third-order valence-corrected chi connectivity index (χ3v) is 12.1. The third kappa shape index (κ3) is 11.4. The second kappa shape index (κ2) is 21.8. The van der Waals surface area contributed by atoms with Gasteiger partial charge in [0.2, 0.25) is 0 Å².